The van der Waals surface area contributed by atoms with Crippen LogP contribution in [0.1, 0.15) is 96.9 Å². The Morgan fingerprint density at radius 3 is 0.667 bits per heavy atom. The highest BCUT2D eigenvalue weighted by molar-refractivity contribution is 5.76. The Balaban J connectivity index is 1.99. The quantitative estimate of drug-likeness (QED) is 0.0539. The Morgan fingerprint density at radius 1 is 0.253 bits per heavy atom. The molecule has 488 valence electrons. The van der Waals surface area contributed by atoms with Gasteiger partial charge in [-0.1, -0.05) is 0 Å². The summed E-state index contributed by atoms with van der Waals surface area (Å²) in [4.78, 5) is 179. The number of hydrogen-bond donors (Lipinski definition) is 4. The second-order valence-electron chi connectivity index (χ2n) is 20.1. The van der Waals surface area contributed by atoms with Gasteiger partial charge in [0.05, 0.1) is 0 Å². The minimum atomic E-state index is -2.07. The molecule has 4 saturated heterocycles. The van der Waals surface area contributed by atoms with Crippen LogP contribution in [0.4, 0.5) is 0 Å². The van der Waals surface area contributed by atoms with E-state index in [2.05, 4.69) is 21.3 Å². The molecule has 4 aliphatic heterocycles. The fourth-order valence-electron chi connectivity index (χ4n) is 9.73. The predicted octanol–water partition coefficient (Wildman–Crippen LogP) is -3.47. The molecule has 4 N–H and O–H groups in total. The molecule has 0 saturated carbocycles. The topological polar surface area (TPSA) is 444 Å². The standard InChI is InChI=1S/C52H74N4O31/c1-19(57)53-37-46(77-29(11)67)42(34(16-72-24(6)62)81-49(37)80-32(14)70)85-51-39(55-21(3)59)48(79-31(13)69)44(36(83-51)18-74-26(8)64)87-52-40(56-22(4)60)47(78-30(12)68)43(35(84-52)17-73-25(7)63)86-50-38(54-20(2)58)45(76-28(10)66)41(75-27(9)65)33(82-50)15-71-23(5)61/h33-52H,15-18H2,1-14H3,(H,53,57)(H,54,58)(H,55,59)(H,56,60)/t33?,34?,35?,36?,37-,38+,39-,40+,41+,42+,43+,44-,45+,46-,47+,48+,49+,50-,51-,52-/m0/s1. The smallest absolute Gasteiger partial charge is 0.305 e. The van der Waals surface area contributed by atoms with Crippen LogP contribution in [0.25, 0.3) is 0 Å². The van der Waals surface area contributed by atoms with Crippen molar-refractivity contribution in [3.05, 3.63) is 0 Å². The number of amides is 4. The van der Waals surface area contributed by atoms with Crippen molar-refractivity contribution in [2.75, 3.05) is 26.4 Å². The number of carbonyl (C=O) groups excluding carboxylic acids is 14. The number of nitrogens with one attached hydrogen (secondary N) is 4. The van der Waals surface area contributed by atoms with E-state index in [4.69, 9.17) is 80.5 Å². The average molecular weight is 1250 g/mol. The van der Waals surface area contributed by atoms with Crippen LogP contribution < -0.4 is 21.3 Å². The molecule has 0 spiro atoms. The molecule has 0 aromatic carbocycles. The Bertz CT molecular complexity index is 2550. The Labute approximate surface area is 497 Å². The first-order chi connectivity index (χ1) is 40.6. The Hall–Kier alpha value is -7.70. The lowest BCUT2D eigenvalue weighted by molar-refractivity contribution is -0.362. The van der Waals surface area contributed by atoms with Gasteiger partial charge < -0.3 is 102 Å². The van der Waals surface area contributed by atoms with Gasteiger partial charge >= 0.3 is 59.7 Å². The summed E-state index contributed by atoms with van der Waals surface area (Å²) in [5, 5.41) is 10.1. The van der Waals surface area contributed by atoms with Crippen LogP contribution in [0.5, 0.6) is 0 Å². The molecule has 0 aliphatic carbocycles. The van der Waals surface area contributed by atoms with E-state index in [9.17, 15) is 67.1 Å². The minimum Gasteiger partial charge on any atom is -0.463 e. The monoisotopic (exact) mass is 1250 g/mol. The number of esters is 10. The second-order valence-corrected chi connectivity index (χ2v) is 20.1. The molecule has 4 unspecified atom stereocenters. The van der Waals surface area contributed by atoms with Crippen molar-refractivity contribution >= 4 is 83.3 Å². The van der Waals surface area contributed by atoms with Crippen LogP contribution in [0.3, 0.4) is 0 Å². The van der Waals surface area contributed by atoms with E-state index in [1.165, 1.54) is 0 Å². The average Bonchev–Trinajstić information content (AvgIpc) is 1.28. The molecule has 0 aromatic heterocycles. The zero-order valence-electron chi connectivity index (χ0n) is 50.0. The lowest BCUT2D eigenvalue weighted by atomic mass is 9.92. The predicted molar refractivity (Wildman–Crippen MR) is 276 cm³/mol. The molecule has 4 aliphatic rings. The van der Waals surface area contributed by atoms with Gasteiger partial charge in [0.25, 0.3) is 0 Å². The van der Waals surface area contributed by atoms with Gasteiger partial charge in [0.15, 0.2) is 49.4 Å². The van der Waals surface area contributed by atoms with Crippen LogP contribution in [-0.2, 0) is 148 Å². The van der Waals surface area contributed by atoms with E-state index < -0.39 is 232 Å². The minimum absolute atomic E-state index is 0.704. The van der Waals surface area contributed by atoms with Crippen LogP contribution in [-0.4, -0.2) is 232 Å². The van der Waals surface area contributed by atoms with E-state index in [1.54, 1.807) is 0 Å². The first kappa shape index (κ1) is 71.8. The lowest BCUT2D eigenvalue weighted by Crippen LogP contribution is -2.73. The van der Waals surface area contributed by atoms with Crippen molar-refractivity contribution in [1.29, 1.82) is 0 Å². The summed E-state index contributed by atoms with van der Waals surface area (Å²) in [6, 6.07) is -6.94. The van der Waals surface area contributed by atoms with Gasteiger partial charge in [0, 0.05) is 96.9 Å². The molecule has 35 nitrogen and oxygen atoms in total. The molecular weight excluding hydrogens is 1180 g/mol. The van der Waals surface area contributed by atoms with Crippen LogP contribution >= 0.6 is 0 Å². The highest BCUT2D eigenvalue weighted by atomic mass is 16.8. The third kappa shape index (κ3) is 21.9. The molecule has 4 fully saturated rings. The largest absolute Gasteiger partial charge is 0.463 e. The molecule has 0 radical (unpaired) electrons. The molecule has 35 heteroatoms. The zero-order chi connectivity index (χ0) is 65.3. The molecule has 4 heterocycles. The first-order valence-corrected chi connectivity index (χ1v) is 26.9. The summed E-state index contributed by atoms with van der Waals surface area (Å²) >= 11 is 0. The fourth-order valence-corrected chi connectivity index (χ4v) is 9.73. The number of carbonyl (C=O) groups is 14. The zero-order valence-corrected chi connectivity index (χ0v) is 50.0. The summed E-state index contributed by atoms with van der Waals surface area (Å²) in [6.07, 6.45) is -29.1. The van der Waals surface area contributed by atoms with Crippen molar-refractivity contribution in [2.45, 2.75) is 220 Å². The molecule has 4 amide bonds. The third-order valence-corrected chi connectivity index (χ3v) is 12.5. The maximum atomic E-state index is 13.4. The van der Waals surface area contributed by atoms with Crippen LogP contribution in [0.15, 0.2) is 0 Å². The van der Waals surface area contributed by atoms with Gasteiger partial charge in [-0.15, -0.1) is 0 Å². The fraction of sp³-hybridized carbons (Fsp3) is 0.731. The van der Waals surface area contributed by atoms with Crippen molar-refractivity contribution < 1.29 is 148 Å². The molecule has 4 rings (SSSR count). The summed E-state index contributed by atoms with van der Waals surface area (Å²) in [5.41, 5.74) is 0. The maximum absolute atomic E-state index is 13.4. The highest BCUT2D eigenvalue weighted by Gasteiger charge is 2.60. The van der Waals surface area contributed by atoms with E-state index in [0.29, 0.717) is 0 Å². The molecule has 87 heavy (non-hydrogen) atoms. The van der Waals surface area contributed by atoms with Crippen LogP contribution in [0.2, 0.25) is 0 Å². The van der Waals surface area contributed by atoms with Gasteiger partial charge in [0.1, 0.15) is 93.3 Å². The van der Waals surface area contributed by atoms with E-state index in [-0.39, 0.29) is 0 Å². The summed E-state index contributed by atoms with van der Waals surface area (Å²) in [6.45, 7) is 10.9. The summed E-state index contributed by atoms with van der Waals surface area (Å²) in [7, 11) is 0. The summed E-state index contributed by atoms with van der Waals surface area (Å²) < 4.78 is 100. The Kier molecular flexibility index (Phi) is 27.1. The lowest BCUT2D eigenvalue weighted by Gasteiger charge is -2.52. The number of hydrogen-bond acceptors (Lipinski definition) is 31. The summed E-state index contributed by atoms with van der Waals surface area (Å²) in [5.74, 6) is -13.0. The van der Waals surface area contributed by atoms with Gasteiger partial charge in [-0.3, -0.25) is 67.1 Å². The van der Waals surface area contributed by atoms with Crippen molar-refractivity contribution in [2.24, 2.45) is 0 Å². The van der Waals surface area contributed by atoms with Crippen molar-refractivity contribution in [3.8, 4) is 0 Å². The van der Waals surface area contributed by atoms with Crippen LogP contribution in [0, 0.1) is 0 Å². The second kappa shape index (κ2) is 32.9. The third-order valence-electron chi connectivity index (χ3n) is 12.5. The van der Waals surface area contributed by atoms with E-state index in [0.717, 1.165) is 96.9 Å². The SMILES string of the molecule is CC(=O)N[C@@H]1[C@H](O[C@@H]2C(COC(C)=O)O[C@@H](OC(C)=O)[C@@H](NC(C)=O)[C@@H]2OC(C)=O)OC(COC(C)=O)[C@H](O[C@@H]2OC(COC(C)=O)[C@@H](O[C@@H]3OC(COC(C)=O)[C@@H](OC(C)=O)[C@H](OC(C)=O)[C@H]3NC(C)=O)[C@H](OC(C)=O)[C@H]2NC(C)=O)[C@@H]1OC(C)=O. The normalized spacial score (nSPS) is 31.9. The van der Waals surface area contributed by atoms with Crippen molar-refractivity contribution in [3.63, 3.8) is 0 Å². The highest BCUT2D eigenvalue weighted by Crippen LogP contribution is 2.38. The number of ether oxygens (including phenoxy) is 17. The molecule has 20 atom stereocenters. The number of rotatable bonds is 24. The van der Waals surface area contributed by atoms with E-state index >= 15 is 0 Å². The molecular formula is C52H74N4O31. The van der Waals surface area contributed by atoms with Gasteiger partial charge in [-0.2, -0.15) is 0 Å². The van der Waals surface area contributed by atoms with E-state index in [1.807, 2.05) is 0 Å². The Morgan fingerprint density at radius 2 is 0.448 bits per heavy atom. The van der Waals surface area contributed by atoms with Gasteiger partial charge in [-0.05, 0) is 0 Å². The first-order valence-electron chi connectivity index (χ1n) is 26.9. The molecule has 0 bridgehead atoms. The van der Waals surface area contributed by atoms with Gasteiger partial charge in [0.2, 0.25) is 29.9 Å². The van der Waals surface area contributed by atoms with Gasteiger partial charge in [-0.25, -0.2) is 0 Å². The molecule has 0 aromatic rings. The van der Waals surface area contributed by atoms with Crippen molar-refractivity contribution in [1.82, 2.24) is 21.3 Å². The maximum Gasteiger partial charge on any atom is 0.305 e.